The molecule has 0 bridgehead atoms. The van der Waals surface area contributed by atoms with Crippen molar-refractivity contribution in [1.29, 1.82) is 0 Å². The predicted octanol–water partition coefficient (Wildman–Crippen LogP) is 5.68. The van der Waals surface area contributed by atoms with E-state index in [-0.39, 0.29) is 12.0 Å². The van der Waals surface area contributed by atoms with Crippen LogP contribution < -0.4 is 0 Å². The van der Waals surface area contributed by atoms with E-state index in [0.29, 0.717) is 29.3 Å². The second kappa shape index (κ2) is 9.06. The summed E-state index contributed by atoms with van der Waals surface area (Å²) in [6.07, 6.45) is 2.11. The smallest absolute Gasteiger partial charge is 0.342 e. The van der Waals surface area contributed by atoms with Gasteiger partial charge in [0, 0.05) is 40.5 Å². The van der Waals surface area contributed by atoms with Crippen molar-refractivity contribution in [1.82, 2.24) is 9.88 Å². The number of aryl methyl sites for hydroxylation is 1. The lowest BCUT2D eigenvalue weighted by Crippen LogP contribution is -2.37. The van der Waals surface area contributed by atoms with Gasteiger partial charge in [0.05, 0.1) is 17.4 Å². The molecule has 1 amide bonds. The van der Waals surface area contributed by atoms with Crippen LogP contribution in [0.5, 0.6) is 0 Å². The molecule has 1 aliphatic rings. The van der Waals surface area contributed by atoms with Crippen LogP contribution in [-0.4, -0.2) is 40.3 Å². The number of carbonyl (C=O) groups is 2. The average Bonchev–Trinajstić information content (AvgIpc) is 3.11. The number of amides is 1. The monoisotopic (exact) mass is 464 g/mol. The number of alkyl halides is 1. The molecule has 2 heterocycles. The first-order chi connectivity index (χ1) is 15.7. The van der Waals surface area contributed by atoms with E-state index >= 15 is 0 Å². The van der Waals surface area contributed by atoms with Gasteiger partial charge in [-0.15, -0.1) is 11.6 Å². The highest BCUT2D eigenvalue weighted by Crippen LogP contribution is 2.40. The van der Waals surface area contributed by atoms with Crippen LogP contribution in [-0.2, 0) is 21.4 Å². The molecular formula is C27H29ClN2O3. The quantitative estimate of drug-likeness (QED) is 0.390. The maximum atomic E-state index is 13.5. The Morgan fingerprint density at radius 3 is 2.48 bits per heavy atom. The second-order valence-corrected chi connectivity index (χ2v) is 9.75. The van der Waals surface area contributed by atoms with Gasteiger partial charge in [0.15, 0.2) is 0 Å². The number of hydrogen-bond donors (Lipinski definition) is 1. The van der Waals surface area contributed by atoms with Gasteiger partial charge in [-0.1, -0.05) is 44.2 Å². The van der Waals surface area contributed by atoms with Gasteiger partial charge in [0.1, 0.15) is 0 Å². The fourth-order valence-electron chi connectivity index (χ4n) is 4.47. The lowest BCUT2D eigenvalue weighted by molar-refractivity contribution is -0.140. The molecule has 1 aliphatic heterocycles. The van der Waals surface area contributed by atoms with E-state index in [1.807, 2.05) is 62.4 Å². The minimum Gasteiger partial charge on any atom is -0.459 e. The molecule has 5 nitrogen and oxygen atoms in total. The van der Waals surface area contributed by atoms with Crippen molar-refractivity contribution in [3.63, 3.8) is 0 Å². The molecule has 172 valence electrons. The zero-order chi connectivity index (χ0) is 23.8. The molecular weight excluding hydrogens is 436 g/mol. The summed E-state index contributed by atoms with van der Waals surface area (Å²) in [5.74, 6) is -0.0841. The van der Waals surface area contributed by atoms with Crippen LogP contribution in [0.4, 0.5) is 0 Å². The normalized spacial score (nSPS) is 15.2. The van der Waals surface area contributed by atoms with E-state index in [1.165, 1.54) is 0 Å². The zero-order valence-electron chi connectivity index (χ0n) is 19.4. The molecule has 1 N–H and O–H groups in total. The Labute approximate surface area is 199 Å². The number of nitrogens with zero attached hydrogens (tertiary/aromatic N) is 1. The van der Waals surface area contributed by atoms with Crippen molar-refractivity contribution >= 4 is 40.0 Å². The topological polar surface area (TPSA) is 62.4 Å². The molecule has 0 aliphatic carbocycles. The molecule has 1 aromatic heterocycles. The minimum absolute atomic E-state index is 0.162. The number of rotatable bonds is 5. The molecule has 0 fully saturated rings. The number of aromatic nitrogens is 1. The molecule has 0 saturated heterocycles. The largest absolute Gasteiger partial charge is 0.459 e. The van der Waals surface area contributed by atoms with E-state index in [2.05, 4.69) is 18.8 Å². The summed E-state index contributed by atoms with van der Waals surface area (Å²) in [7, 11) is 0. The molecule has 33 heavy (non-hydrogen) atoms. The van der Waals surface area contributed by atoms with E-state index in [1.54, 1.807) is 11.1 Å². The highest BCUT2D eigenvalue weighted by Gasteiger charge is 2.37. The van der Waals surface area contributed by atoms with Crippen molar-refractivity contribution in [3.8, 4) is 0 Å². The van der Waals surface area contributed by atoms with Gasteiger partial charge in [0.25, 0.3) is 5.91 Å². The zero-order valence-corrected chi connectivity index (χ0v) is 20.2. The first-order valence-electron chi connectivity index (χ1n) is 11.2. The Kier molecular flexibility index (Phi) is 6.35. The molecule has 4 rings (SSSR count). The van der Waals surface area contributed by atoms with Crippen LogP contribution in [0.1, 0.15) is 54.9 Å². The standard InChI is InChI=1S/C27H29ClN2O3/c1-17(2)33-26(32)21-15-30(25(31)19-11-9-18(10-12-19)13-14-28)16-27(3,4)23-20-7-5-6-8-22(20)29-24(21)23/h5-12,15,17,29H,13-14,16H2,1-4H3. The van der Waals surface area contributed by atoms with Crippen LogP contribution in [0.15, 0.2) is 54.7 Å². The number of H-pyrrole nitrogens is 1. The number of para-hydroxylation sites is 1. The van der Waals surface area contributed by atoms with Crippen LogP contribution in [0.3, 0.4) is 0 Å². The number of esters is 1. The molecule has 6 heteroatoms. The molecule has 0 atom stereocenters. The van der Waals surface area contributed by atoms with Gasteiger partial charge in [0.2, 0.25) is 0 Å². The Morgan fingerprint density at radius 1 is 1.12 bits per heavy atom. The van der Waals surface area contributed by atoms with Crippen molar-refractivity contribution in [2.75, 3.05) is 12.4 Å². The summed E-state index contributed by atoms with van der Waals surface area (Å²) < 4.78 is 5.57. The van der Waals surface area contributed by atoms with Crippen LogP contribution in [0.2, 0.25) is 0 Å². The van der Waals surface area contributed by atoms with Gasteiger partial charge in [-0.05, 0) is 49.6 Å². The number of halogens is 1. The fraction of sp³-hybridized carbons (Fsp3) is 0.333. The molecule has 2 aromatic carbocycles. The number of ether oxygens (including phenoxy) is 1. The Morgan fingerprint density at radius 2 is 1.82 bits per heavy atom. The van der Waals surface area contributed by atoms with Crippen LogP contribution in [0, 0.1) is 0 Å². The van der Waals surface area contributed by atoms with Crippen LogP contribution in [0.25, 0.3) is 16.5 Å². The van der Waals surface area contributed by atoms with Crippen molar-refractivity contribution in [2.24, 2.45) is 0 Å². The maximum absolute atomic E-state index is 13.5. The highest BCUT2D eigenvalue weighted by atomic mass is 35.5. The summed E-state index contributed by atoms with van der Waals surface area (Å²) in [4.78, 5) is 31.8. The van der Waals surface area contributed by atoms with E-state index < -0.39 is 11.4 Å². The Bertz CT molecular complexity index is 1220. The van der Waals surface area contributed by atoms with Gasteiger partial charge in [-0.2, -0.15) is 0 Å². The van der Waals surface area contributed by atoms with Gasteiger partial charge in [-0.25, -0.2) is 4.79 Å². The number of carbonyl (C=O) groups excluding carboxylic acids is 2. The molecule has 0 unspecified atom stereocenters. The Balaban J connectivity index is 1.82. The number of aromatic amines is 1. The second-order valence-electron chi connectivity index (χ2n) is 9.37. The molecule has 0 radical (unpaired) electrons. The van der Waals surface area contributed by atoms with E-state index in [0.717, 1.165) is 28.5 Å². The van der Waals surface area contributed by atoms with Crippen molar-refractivity contribution in [3.05, 3.63) is 77.1 Å². The molecule has 3 aromatic rings. The first-order valence-corrected chi connectivity index (χ1v) is 11.7. The predicted molar refractivity (Wildman–Crippen MR) is 132 cm³/mol. The highest BCUT2D eigenvalue weighted by molar-refractivity contribution is 6.19. The van der Waals surface area contributed by atoms with E-state index in [4.69, 9.17) is 16.3 Å². The third-order valence-electron chi connectivity index (χ3n) is 5.91. The number of hydrogen-bond acceptors (Lipinski definition) is 3. The first kappa shape index (κ1) is 23.1. The van der Waals surface area contributed by atoms with Gasteiger partial charge in [-0.3, -0.25) is 4.79 Å². The minimum atomic E-state index is -0.453. The summed E-state index contributed by atoms with van der Waals surface area (Å²) >= 11 is 5.84. The summed E-state index contributed by atoms with van der Waals surface area (Å²) in [5.41, 5.74) is 4.25. The summed E-state index contributed by atoms with van der Waals surface area (Å²) in [6, 6.07) is 15.5. The lowest BCUT2D eigenvalue weighted by Gasteiger charge is -2.29. The average molecular weight is 465 g/mol. The SMILES string of the molecule is CC(C)OC(=O)C1=CN(C(=O)c2ccc(CCCl)cc2)CC(C)(C)c2c1[nH]c1ccccc21. The number of benzene rings is 2. The number of nitrogens with one attached hydrogen (secondary N) is 1. The molecule has 0 saturated carbocycles. The fourth-order valence-corrected chi connectivity index (χ4v) is 4.69. The van der Waals surface area contributed by atoms with E-state index in [9.17, 15) is 9.59 Å². The lowest BCUT2D eigenvalue weighted by atomic mass is 9.81. The Hall–Kier alpha value is -3.05. The van der Waals surface area contributed by atoms with Gasteiger partial charge < -0.3 is 14.6 Å². The summed E-state index contributed by atoms with van der Waals surface area (Å²) in [6.45, 7) is 8.25. The molecule has 0 spiro atoms. The van der Waals surface area contributed by atoms with Gasteiger partial charge >= 0.3 is 5.97 Å². The third kappa shape index (κ3) is 4.55. The summed E-state index contributed by atoms with van der Waals surface area (Å²) in [5, 5.41) is 1.04. The maximum Gasteiger partial charge on any atom is 0.342 e. The third-order valence-corrected chi connectivity index (χ3v) is 6.10. The van der Waals surface area contributed by atoms with Crippen molar-refractivity contribution in [2.45, 2.75) is 45.6 Å². The van der Waals surface area contributed by atoms with Crippen molar-refractivity contribution < 1.29 is 14.3 Å². The number of fused-ring (bicyclic) bond motifs is 3. The van der Waals surface area contributed by atoms with Crippen LogP contribution >= 0.6 is 11.6 Å².